The molecule has 2 heterocycles. The number of nitrogens with one attached hydrogen (secondary N) is 1. The average molecular weight is 265 g/mol. The second-order valence-electron chi connectivity index (χ2n) is 5.98. The number of hydrogen-bond donors (Lipinski definition) is 1. The van der Waals surface area contributed by atoms with Crippen LogP contribution in [0.25, 0.3) is 0 Å². The maximum atomic E-state index is 4.58. The lowest BCUT2D eigenvalue weighted by atomic mass is 10.2. The fourth-order valence-corrected chi connectivity index (χ4v) is 2.57. The highest BCUT2D eigenvalue weighted by Gasteiger charge is 2.22. The van der Waals surface area contributed by atoms with Gasteiger partial charge in [0.1, 0.15) is 0 Å². The number of piperazine rings is 1. The van der Waals surface area contributed by atoms with Gasteiger partial charge in [0.25, 0.3) is 0 Å². The van der Waals surface area contributed by atoms with Crippen molar-refractivity contribution in [3.63, 3.8) is 0 Å². The van der Waals surface area contributed by atoms with Crippen LogP contribution in [0.1, 0.15) is 25.6 Å². The van der Waals surface area contributed by atoms with E-state index in [1.807, 2.05) is 6.92 Å². The van der Waals surface area contributed by atoms with Crippen molar-refractivity contribution in [2.75, 3.05) is 45.6 Å². The van der Waals surface area contributed by atoms with Crippen LogP contribution in [0.2, 0.25) is 0 Å². The third-order valence-corrected chi connectivity index (χ3v) is 3.89. The van der Waals surface area contributed by atoms with Crippen molar-refractivity contribution in [1.29, 1.82) is 0 Å². The van der Waals surface area contributed by atoms with E-state index in [2.05, 4.69) is 58.8 Å². The van der Waals surface area contributed by atoms with Gasteiger partial charge in [-0.25, -0.2) is 4.98 Å². The summed E-state index contributed by atoms with van der Waals surface area (Å²) >= 11 is 0. The van der Waals surface area contributed by atoms with Crippen molar-refractivity contribution in [2.45, 2.75) is 32.9 Å². The zero-order chi connectivity index (χ0) is 14.0. The number of aromatic nitrogens is 2. The van der Waals surface area contributed by atoms with Gasteiger partial charge in [-0.1, -0.05) is 0 Å². The second-order valence-corrected chi connectivity index (χ2v) is 5.98. The lowest BCUT2D eigenvalue weighted by Crippen LogP contribution is -2.52. The minimum Gasteiger partial charge on any atom is -0.354 e. The number of likely N-dealkylation sites (N-methyl/N-ethyl adjacent to an activating group) is 2. The standard InChI is InChI=1S/C14H27N5/c1-11(2)19-9-12(3)16-14(19)15-8-13-10-17(4)6-7-18(13)5/h9,11,13H,6-8,10H2,1-5H3,(H,15,16). The van der Waals surface area contributed by atoms with Crippen molar-refractivity contribution in [2.24, 2.45) is 0 Å². The molecule has 1 aliphatic heterocycles. The number of imidazole rings is 1. The van der Waals surface area contributed by atoms with Gasteiger partial charge >= 0.3 is 0 Å². The topological polar surface area (TPSA) is 36.3 Å². The van der Waals surface area contributed by atoms with Gasteiger partial charge in [0.15, 0.2) is 0 Å². The zero-order valence-corrected chi connectivity index (χ0v) is 12.8. The minimum atomic E-state index is 0.440. The molecule has 2 rings (SSSR count). The summed E-state index contributed by atoms with van der Waals surface area (Å²) in [4.78, 5) is 9.41. The van der Waals surface area contributed by atoms with Crippen LogP contribution in [0.15, 0.2) is 6.20 Å². The lowest BCUT2D eigenvalue weighted by Gasteiger charge is -2.37. The molecule has 1 atom stereocenters. The molecular weight excluding hydrogens is 238 g/mol. The number of hydrogen-bond acceptors (Lipinski definition) is 4. The molecule has 0 spiro atoms. The van der Waals surface area contributed by atoms with E-state index in [9.17, 15) is 0 Å². The van der Waals surface area contributed by atoms with E-state index in [1.54, 1.807) is 0 Å². The summed E-state index contributed by atoms with van der Waals surface area (Å²) in [6.07, 6.45) is 2.11. The number of aryl methyl sites for hydroxylation is 1. The zero-order valence-electron chi connectivity index (χ0n) is 12.8. The Hall–Kier alpha value is -1.07. The molecule has 5 heteroatoms. The quantitative estimate of drug-likeness (QED) is 0.893. The Balaban J connectivity index is 1.98. The molecule has 1 aromatic rings. The monoisotopic (exact) mass is 265 g/mol. The Labute approximate surface area is 116 Å². The summed E-state index contributed by atoms with van der Waals surface area (Å²) in [6.45, 7) is 10.8. The van der Waals surface area contributed by atoms with E-state index < -0.39 is 0 Å². The number of rotatable bonds is 4. The first-order valence-corrected chi connectivity index (χ1v) is 7.15. The Kier molecular flexibility index (Phi) is 4.47. The molecule has 0 aliphatic carbocycles. The normalized spacial score (nSPS) is 22.1. The molecule has 5 nitrogen and oxygen atoms in total. The fourth-order valence-electron chi connectivity index (χ4n) is 2.57. The first kappa shape index (κ1) is 14.3. The Morgan fingerprint density at radius 2 is 2.11 bits per heavy atom. The molecule has 0 bridgehead atoms. The van der Waals surface area contributed by atoms with E-state index in [0.717, 1.165) is 37.8 Å². The van der Waals surface area contributed by atoms with E-state index >= 15 is 0 Å². The summed E-state index contributed by atoms with van der Waals surface area (Å²) in [5, 5.41) is 3.52. The predicted molar refractivity (Wildman–Crippen MR) is 79.8 cm³/mol. The molecule has 19 heavy (non-hydrogen) atoms. The van der Waals surface area contributed by atoms with Crippen molar-refractivity contribution in [3.05, 3.63) is 11.9 Å². The number of nitrogens with zero attached hydrogens (tertiary/aromatic N) is 4. The van der Waals surface area contributed by atoms with Gasteiger partial charge in [0, 0.05) is 44.5 Å². The third kappa shape index (κ3) is 3.48. The van der Waals surface area contributed by atoms with Crippen molar-refractivity contribution in [1.82, 2.24) is 19.4 Å². The largest absolute Gasteiger partial charge is 0.354 e. The van der Waals surface area contributed by atoms with Gasteiger partial charge in [-0.05, 0) is 34.9 Å². The first-order valence-electron chi connectivity index (χ1n) is 7.15. The van der Waals surface area contributed by atoms with E-state index in [1.165, 1.54) is 0 Å². The number of anilines is 1. The molecular formula is C14H27N5. The molecule has 0 amide bonds. The maximum absolute atomic E-state index is 4.58. The summed E-state index contributed by atoms with van der Waals surface area (Å²) in [7, 11) is 4.40. The van der Waals surface area contributed by atoms with Crippen LogP contribution in [-0.2, 0) is 0 Å². The SMILES string of the molecule is Cc1cn(C(C)C)c(NCC2CN(C)CCN2C)n1. The molecule has 1 fully saturated rings. The summed E-state index contributed by atoms with van der Waals surface area (Å²) in [5.41, 5.74) is 1.07. The summed E-state index contributed by atoms with van der Waals surface area (Å²) in [6, 6.07) is 0.992. The van der Waals surface area contributed by atoms with Crippen LogP contribution < -0.4 is 5.32 Å². The highest BCUT2D eigenvalue weighted by Crippen LogP contribution is 2.16. The highest BCUT2D eigenvalue weighted by atomic mass is 15.3. The summed E-state index contributed by atoms with van der Waals surface area (Å²) < 4.78 is 2.21. The predicted octanol–water partition coefficient (Wildman–Crippen LogP) is 1.43. The van der Waals surface area contributed by atoms with Crippen LogP contribution in [0.3, 0.4) is 0 Å². The van der Waals surface area contributed by atoms with Crippen molar-refractivity contribution in [3.8, 4) is 0 Å². The Morgan fingerprint density at radius 1 is 1.37 bits per heavy atom. The molecule has 1 N–H and O–H groups in total. The second kappa shape index (κ2) is 5.92. The summed E-state index contributed by atoms with van der Waals surface area (Å²) in [5.74, 6) is 0.995. The highest BCUT2D eigenvalue weighted by molar-refractivity contribution is 5.29. The van der Waals surface area contributed by atoms with Gasteiger partial charge < -0.3 is 14.8 Å². The Bertz CT molecular complexity index is 412. The Morgan fingerprint density at radius 3 is 2.79 bits per heavy atom. The van der Waals surface area contributed by atoms with Crippen LogP contribution in [-0.4, -0.2) is 65.7 Å². The molecule has 1 aliphatic rings. The van der Waals surface area contributed by atoms with Gasteiger partial charge in [-0.2, -0.15) is 0 Å². The minimum absolute atomic E-state index is 0.440. The third-order valence-electron chi connectivity index (χ3n) is 3.89. The van der Waals surface area contributed by atoms with Crippen LogP contribution in [0.4, 0.5) is 5.95 Å². The van der Waals surface area contributed by atoms with Crippen molar-refractivity contribution < 1.29 is 0 Å². The van der Waals surface area contributed by atoms with Gasteiger partial charge in [-0.15, -0.1) is 0 Å². The smallest absolute Gasteiger partial charge is 0.203 e. The maximum Gasteiger partial charge on any atom is 0.203 e. The van der Waals surface area contributed by atoms with Gasteiger partial charge in [-0.3, -0.25) is 4.90 Å². The van der Waals surface area contributed by atoms with E-state index in [0.29, 0.717) is 12.1 Å². The van der Waals surface area contributed by atoms with E-state index in [4.69, 9.17) is 0 Å². The van der Waals surface area contributed by atoms with Crippen LogP contribution in [0.5, 0.6) is 0 Å². The molecule has 108 valence electrons. The lowest BCUT2D eigenvalue weighted by molar-refractivity contribution is 0.121. The van der Waals surface area contributed by atoms with E-state index in [-0.39, 0.29) is 0 Å². The first-order chi connectivity index (χ1) is 8.97. The van der Waals surface area contributed by atoms with Gasteiger partial charge in [0.05, 0.1) is 5.69 Å². The van der Waals surface area contributed by atoms with Crippen LogP contribution >= 0.6 is 0 Å². The van der Waals surface area contributed by atoms with Crippen LogP contribution in [0, 0.1) is 6.92 Å². The van der Waals surface area contributed by atoms with Crippen molar-refractivity contribution >= 4 is 5.95 Å². The molecule has 0 radical (unpaired) electrons. The molecule has 1 aromatic heterocycles. The fraction of sp³-hybridized carbons (Fsp3) is 0.786. The molecule has 0 aromatic carbocycles. The molecule has 0 saturated carbocycles. The molecule has 1 unspecified atom stereocenters. The van der Waals surface area contributed by atoms with Gasteiger partial charge in [0.2, 0.25) is 5.95 Å². The average Bonchev–Trinajstić information content (AvgIpc) is 2.72. The molecule has 1 saturated heterocycles.